The van der Waals surface area contributed by atoms with E-state index in [9.17, 15) is 9.59 Å². The second kappa shape index (κ2) is 3.25. The van der Waals surface area contributed by atoms with Crippen molar-refractivity contribution in [1.29, 1.82) is 0 Å². The molecule has 5 heteroatoms. The van der Waals surface area contributed by atoms with E-state index >= 15 is 0 Å². The van der Waals surface area contributed by atoms with Crippen LogP contribution in [0, 0.1) is 0 Å². The van der Waals surface area contributed by atoms with E-state index in [1.165, 1.54) is 13.2 Å². The lowest BCUT2D eigenvalue weighted by Gasteiger charge is -2.09. The minimum Gasteiger partial charge on any atom is -0.467 e. The first-order chi connectivity index (χ1) is 5.69. The van der Waals surface area contributed by atoms with Gasteiger partial charge in [-0.1, -0.05) is 6.58 Å². The van der Waals surface area contributed by atoms with Gasteiger partial charge in [-0.2, -0.15) is 0 Å². The monoisotopic (exact) mass is 171 g/mol. The van der Waals surface area contributed by atoms with Crippen molar-refractivity contribution in [2.24, 2.45) is 0 Å². The van der Waals surface area contributed by atoms with Gasteiger partial charge in [-0.05, 0) is 6.08 Å². The molecule has 0 radical (unpaired) electrons. The number of carbonyl (C=O) groups excluding carboxylic acids is 2. The fourth-order valence-corrected chi connectivity index (χ4v) is 0.939. The van der Waals surface area contributed by atoms with Crippen molar-refractivity contribution in [2.45, 2.75) is 12.1 Å². The van der Waals surface area contributed by atoms with E-state index in [1.54, 1.807) is 0 Å². The maximum absolute atomic E-state index is 11.0. The van der Waals surface area contributed by atoms with Gasteiger partial charge in [0.1, 0.15) is 0 Å². The third-order valence-corrected chi connectivity index (χ3v) is 1.53. The molecule has 5 nitrogen and oxygen atoms in total. The Kier molecular flexibility index (Phi) is 2.32. The molecule has 1 N–H and O–H groups in total. The summed E-state index contributed by atoms with van der Waals surface area (Å²) in [6.45, 7) is 3.42. The molecule has 1 aliphatic rings. The number of alkyl carbamates (subject to hydrolysis) is 1. The molecule has 12 heavy (non-hydrogen) atoms. The highest BCUT2D eigenvalue weighted by Crippen LogP contribution is 2.10. The molecule has 2 unspecified atom stereocenters. The average Bonchev–Trinajstić information content (AvgIpc) is 2.45. The molecule has 1 rings (SSSR count). The van der Waals surface area contributed by atoms with Crippen LogP contribution in [0.4, 0.5) is 4.79 Å². The summed E-state index contributed by atoms with van der Waals surface area (Å²) in [5.41, 5.74) is 0. The average molecular weight is 171 g/mol. The second-order valence-electron chi connectivity index (χ2n) is 2.25. The maximum Gasteiger partial charge on any atom is 0.408 e. The normalized spacial score (nSPS) is 27.2. The van der Waals surface area contributed by atoms with Gasteiger partial charge in [0.2, 0.25) is 0 Å². The van der Waals surface area contributed by atoms with Gasteiger partial charge in [-0.25, -0.2) is 9.59 Å². The molecule has 1 amide bonds. The number of cyclic esters (lactones) is 1. The number of nitrogens with one attached hydrogen (secondary N) is 1. The number of hydrogen-bond donors (Lipinski definition) is 1. The Morgan fingerprint density at radius 2 is 2.50 bits per heavy atom. The maximum atomic E-state index is 11.0. The molecule has 0 spiro atoms. The van der Waals surface area contributed by atoms with E-state index in [1.807, 2.05) is 0 Å². The zero-order chi connectivity index (χ0) is 9.14. The summed E-state index contributed by atoms with van der Waals surface area (Å²) in [6.07, 6.45) is 0.111. The van der Waals surface area contributed by atoms with Crippen LogP contribution >= 0.6 is 0 Å². The highest BCUT2D eigenvalue weighted by molar-refractivity contribution is 5.85. The van der Waals surface area contributed by atoms with Crippen LogP contribution in [-0.4, -0.2) is 31.3 Å². The van der Waals surface area contributed by atoms with E-state index in [0.717, 1.165) is 0 Å². The van der Waals surface area contributed by atoms with E-state index < -0.39 is 24.2 Å². The number of ether oxygens (including phenoxy) is 2. The Morgan fingerprint density at radius 3 is 3.00 bits per heavy atom. The third kappa shape index (κ3) is 1.39. The van der Waals surface area contributed by atoms with Crippen molar-refractivity contribution in [3.63, 3.8) is 0 Å². The summed E-state index contributed by atoms with van der Waals surface area (Å²) in [5, 5.41) is 2.30. The van der Waals surface area contributed by atoms with Crippen molar-refractivity contribution in [1.82, 2.24) is 5.32 Å². The molecular weight excluding hydrogens is 162 g/mol. The molecule has 0 bridgehead atoms. The van der Waals surface area contributed by atoms with Gasteiger partial charge < -0.3 is 14.8 Å². The molecule has 0 aliphatic carbocycles. The predicted octanol–water partition coefficient (Wildman–Crippen LogP) is -0.178. The molecule has 0 aromatic heterocycles. The first-order valence-electron chi connectivity index (χ1n) is 3.36. The quantitative estimate of drug-likeness (QED) is 0.462. The molecule has 66 valence electrons. The van der Waals surface area contributed by atoms with Crippen LogP contribution in [0.3, 0.4) is 0 Å². The van der Waals surface area contributed by atoms with Gasteiger partial charge in [-0.15, -0.1) is 0 Å². The van der Waals surface area contributed by atoms with E-state index in [4.69, 9.17) is 0 Å². The van der Waals surface area contributed by atoms with E-state index in [2.05, 4.69) is 21.4 Å². The van der Waals surface area contributed by atoms with Crippen LogP contribution in [0.5, 0.6) is 0 Å². The van der Waals surface area contributed by atoms with Crippen LogP contribution in [-0.2, 0) is 14.3 Å². The van der Waals surface area contributed by atoms with Crippen LogP contribution in [0.25, 0.3) is 0 Å². The van der Waals surface area contributed by atoms with Gasteiger partial charge in [0.05, 0.1) is 7.11 Å². The smallest absolute Gasteiger partial charge is 0.408 e. The summed E-state index contributed by atoms with van der Waals surface area (Å²) in [6, 6.07) is -0.764. The summed E-state index contributed by atoms with van der Waals surface area (Å²) in [4.78, 5) is 21.6. The molecule has 0 aromatic rings. The Morgan fingerprint density at radius 1 is 1.83 bits per heavy atom. The molecular formula is C7H9NO4. The first kappa shape index (κ1) is 8.58. The van der Waals surface area contributed by atoms with Gasteiger partial charge in [0, 0.05) is 0 Å². The highest BCUT2D eigenvalue weighted by atomic mass is 16.6. The van der Waals surface area contributed by atoms with Crippen molar-refractivity contribution in [3.8, 4) is 0 Å². The third-order valence-electron chi connectivity index (χ3n) is 1.53. The van der Waals surface area contributed by atoms with Crippen LogP contribution in [0.15, 0.2) is 12.7 Å². The number of methoxy groups -OCH3 is 1. The molecule has 1 saturated heterocycles. The minimum atomic E-state index is -0.764. The van der Waals surface area contributed by atoms with Crippen LogP contribution < -0.4 is 5.32 Å². The van der Waals surface area contributed by atoms with E-state index in [0.29, 0.717) is 0 Å². The minimum absolute atomic E-state index is 0.536. The summed E-state index contributed by atoms with van der Waals surface area (Å²) in [7, 11) is 1.24. The van der Waals surface area contributed by atoms with Crippen molar-refractivity contribution < 1.29 is 19.1 Å². The summed E-state index contributed by atoms with van der Waals surface area (Å²) in [5.74, 6) is -0.536. The Labute approximate surface area is 69.3 Å². The fraction of sp³-hybridized carbons (Fsp3) is 0.429. The molecule has 1 heterocycles. The standard InChI is InChI=1S/C7H9NO4/c1-3-4-5(6(9)11-2)8-7(10)12-4/h3-5H,1H2,2H3,(H,8,10). The van der Waals surface area contributed by atoms with Gasteiger partial charge in [0.25, 0.3) is 0 Å². The topological polar surface area (TPSA) is 64.6 Å². The van der Waals surface area contributed by atoms with Gasteiger partial charge in [-0.3, -0.25) is 0 Å². The SMILES string of the molecule is C=CC1OC(=O)NC1C(=O)OC. The Hall–Kier alpha value is -1.52. The predicted molar refractivity (Wildman–Crippen MR) is 39.4 cm³/mol. The largest absolute Gasteiger partial charge is 0.467 e. The van der Waals surface area contributed by atoms with Crippen molar-refractivity contribution >= 4 is 12.1 Å². The van der Waals surface area contributed by atoms with Crippen LogP contribution in [0.1, 0.15) is 0 Å². The lowest BCUT2D eigenvalue weighted by molar-refractivity contribution is -0.143. The second-order valence-corrected chi connectivity index (χ2v) is 2.25. The Balaban J connectivity index is 2.69. The van der Waals surface area contributed by atoms with Crippen LogP contribution in [0.2, 0.25) is 0 Å². The zero-order valence-electron chi connectivity index (χ0n) is 6.57. The molecule has 0 aromatic carbocycles. The van der Waals surface area contributed by atoms with Crippen molar-refractivity contribution in [2.75, 3.05) is 7.11 Å². The molecule has 1 aliphatic heterocycles. The van der Waals surface area contributed by atoms with Crippen molar-refractivity contribution in [3.05, 3.63) is 12.7 Å². The number of amides is 1. The van der Waals surface area contributed by atoms with Gasteiger partial charge in [0.15, 0.2) is 12.1 Å². The molecule has 1 fully saturated rings. The molecule has 2 atom stereocenters. The highest BCUT2D eigenvalue weighted by Gasteiger charge is 2.37. The van der Waals surface area contributed by atoms with E-state index in [-0.39, 0.29) is 0 Å². The Bertz CT molecular complexity index is 225. The fourth-order valence-electron chi connectivity index (χ4n) is 0.939. The summed E-state index contributed by atoms with van der Waals surface area (Å²) >= 11 is 0. The lowest BCUT2D eigenvalue weighted by atomic mass is 10.2. The lowest BCUT2D eigenvalue weighted by Crippen LogP contribution is -2.39. The zero-order valence-corrected chi connectivity index (χ0v) is 6.57. The number of rotatable bonds is 2. The van der Waals surface area contributed by atoms with Gasteiger partial charge >= 0.3 is 12.1 Å². The molecule has 0 saturated carbocycles. The number of esters is 1. The summed E-state index contributed by atoms with van der Waals surface area (Å²) < 4.78 is 9.11. The first-order valence-corrected chi connectivity index (χ1v) is 3.36. The number of carbonyl (C=O) groups is 2. The number of hydrogen-bond acceptors (Lipinski definition) is 4.